The van der Waals surface area contributed by atoms with Crippen LogP contribution in [0.2, 0.25) is 0 Å². The molecule has 1 heterocycles. The second-order valence-corrected chi connectivity index (χ2v) is 7.32. The number of nitrogens with zero attached hydrogens (tertiary/aromatic N) is 2. The number of hydrogen-bond acceptors (Lipinski definition) is 6. The molecule has 8 nitrogen and oxygen atoms in total. The Bertz CT molecular complexity index is 824. The van der Waals surface area contributed by atoms with Gasteiger partial charge >= 0.3 is 0 Å². The molecule has 0 aromatic heterocycles. The number of hydrazone groups is 1. The van der Waals surface area contributed by atoms with Crippen LogP contribution in [0.15, 0.2) is 28.9 Å². The van der Waals surface area contributed by atoms with Crippen molar-refractivity contribution in [3.8, 4) is 11.5 Å². The fourth-order valence-corrected chi connectivity index (χ4v) is 3.29. The lowest BCUT2D eigenvalue weighted by Gasteiger charge is -2.02. The van der Waals surface area contributed by atoms with E-state index < -0.39 is 4.92 Å². The summed E-state index contributed by atoms with van der Waals surface area (Å²) in [7, 11) is 0. The minimum atomic E-state index is -0.528. The van der Waals surface area contributed by atoms with E-state index in [0.29, 0.717) is 11.5 Å². The highest BCUT2D eigenvalue weighted by Gasteiger charge is 2.60. The molecule has 1 aliphatic heterocycles. The molecule has 3 rings (SSSR count). The van der Waals surface area contributed by atoms with Crippen molar-refractivity contribution in [3.63, 3.8) is 0 Å². The van der Waals surface area contributed by atoms with Crippen LogP contribution in [0.1, 0.15) is 33.3 Å². The Balaban J connectivity index is 1.72. The van der Waals surface area contributed by atoms with Crippen molar-refractivity contribution in [2.24, 2.45) is 22.4 Å². The fraction of sp³-hybridized carbons (Fsp3) is 0.444. The molecule has 2 atom stereocenters. The highest BCUT2D eigenvalue weighted by Crippen LogP contribution is 2.59. The molecule has 0 bridgehead atoms. The number of amides is 1. The molecule has 1 amide bonds. The summed E-state index contributed by atoms with van der Waals surface area (Å²) >= 11 is 0. The lowest BCUT2D eigenvalue weighted by atomic mass is 10.1. The monoisotopic (exact) mass is 359 g/mol. The number of allylic oxidation sites excluding steroid dienone is 2. The average Bonchev–Trinajstić information content (AvgIpc) is 2.90. The van der Waals surface area contributed by atoms with Gasteiger partial charge in [0.05, 0.1) is 28.7 Å². The molecular formula is C18H21N3O5. The third-order valence-electron chi connectivity index (χ3n) is 4.80. The van der Waals surface area contributed by atoms with Crippen LogP contribution in [0.4, 0.5) is 5.69 Å². The van der Waals surface area contributed by atoms with E-state index in [1.54, 1.807) is 0 Å². The van der Waals surface area contributed by atoms with Gasteiger partial charge in [0.2, 0.25) is 12.7 Å². The molecule has 1 aromatic carbocycles. The Labute approximate surface area is 151 Å². The van der Waals surface area contributed by atoms with Crippen molar-refractivity contribution in [1.29, 1.82) is 0 Å². The summed E-state index contributed by atoms with van der Waals surface area (Å²) in [5.41, 5.74) is 3.60. The largest absolute Gasteiger partial charge is 0.454 e. The number of nitro groups is 1. The Morgan fingerprint density at radius 3 is 2.62 bits per heavy atom. The third-order valence-corrected chi connectivity index (χ3v) is 4.80. The molecular weight excluding hydrogens is 338 g/mol. The van der Waals surface area contributed by atoms with Crippen LogP contribution >= 0.6 is 0 Å². The van der Waals surface area contributed by atoms with Crippen LogP contribution in [-0.4, -0.2) is 23.8 Å². The second-order valence-electron chi connectivity index (χ2n) is 7.32. The van der Waals surface area contributed by atoms with Gasteiger partial charge < -0.3 is 9.47 Å². The van der Waals surface area contributed by atoms with Gasteiger partial charge in [0.25, 0.3) is 5.69 Å². The van der Waals surface area contributed by atoms with Crippen molar-refractivity contribution in [2.75, 3.05) is 6.79 Å². The standard InChI is InChI=1S/C18H21N3O5/c1-10(2)5-12-16(18(12,3)4)17(22)20-19-8-11-6-14-15(26-9-25-14)7-13(11)21(23)24/h5-8,12,16H,9H2,1-4H3,(H,20,22)/b19-8+. The minimum Gasteiger partial charge on any atom is -0.454 e. The minimum absolute atomic E-state index is 0.0202. The summed E-state index contributed by atoms with van der Waals surface area (Å²) in [6.45, 7) is 8.09. The molecule has 1 saturated carbocycles. The SMILES string of the molecule is CC(C)=CC1C(C(=O)N/N=C/c2cc3c(cc2[N+](=O)[O-])OCO3)C1(C)C. The van der Waals surface area contributed by atoms with E-state index in [1.807, 2.05) is 27.7 Å². The highest BCUT2D eigenvalue weighted by molar-refractivity contribution is 5.89. The summed E-state index contributed by atoms with van der Waals surface area (Å²) in [6, 6.07) is 2.77. The first-order valence-corrected chi connectivity index (χ1v) is 8.28. The number of fused-ring (bicyclic) bond motifs is 1. The summed E-state index contributed by atoms with van der Waals surface area (Å²) in [5.74, 6) is 0.540. The summed E-state index contributed by atoms with van der Waals surface area (Å²) < 4.78 is 10.4. The Morgan fingerprint density at radius 2 is 2.00 bits per heavy atom. The lowest BCUT2D eigenvalue weighted by molar-refractivity contribution is -0.385. The van der Waals surface area contributed by atoms with Gasteiger partial charge in [0.15, 0.2) is 11.5 Å². The zero-order valence-corrected chi connectivity index (χ0v) is 15.1. The Hall–Kier alpha value is -2.90. The molecule has 1 N–H and O–H groups in total. The van der Waals surface area contributed by atoms with Crippen LogP contribution in [0.3, 0.4) is 0 Å². The van der Waals surface area contributed by atoms with Crippen molar-refractivity contribution < 1.29 is 19.2 Å². The first-order valence-electron chi connectivity index (χ1n) is 8.28. The molecule has 138 valence electrons. The topological polar surface area (TPSA) is 103 Å². The van der Waals surface area contributed by atoms with Gasteiger partial charge in [-0.05, 0) is 31.2 Å². The van der Waals surface area contributed by atoms with Crippen LogP contribution < -0.4 is 14.9 Å². The van der Waals surface area contributed by atoms with Crippen LogP contribution in [0.25, 0.3) is 0 Å². The van der Waals surface area contributed by atoms with E-state index in [9.17, 15) is 14.9 Å². The van der Waals surface area contributed by atoms with E-state index in [4.69, 9.17) is 9.47 Å². The van der Waals surface area contributed by atoms with Gasteiger partial charge in [-0.2, -0.15) is 5.10 Å². The molecule has 1 aliphatic carbocycles. The molecule has 0 saturated heterocycles. The van der Waals surface area contributed by atoms with Gasteiger partial charge in [-0.3, -0.25) is 14.9 Å². The Morgan fingerprint density at radius 1 is 1.35 bits per heavy atom. The van der Waals surface area contributed by atoms with E-state index in [-0.39, 0.29) is 41.2 Å². The van der Waals surface area contributed by atoms with E-state index in [1.165, 1.54) is 18.3 Å². The number of carbonyl (C=O) groups is 1. The lowest BCUT2D eigenvalue weighted by Crippen LogP contribution is -2.22. The van der Waals surface area contributed by atoms with Crippen LogP contribution in [0, 0.1) is 27.4 Å². The quantitative estimate of drug-likeness (QED) is 0.377. The normalized spacial score (nSPS) is 22.2. The van der Waals surface area contributed by atoms with Crippen molar-refractivity contribution >= 4 is 17.8 Å². The number of carbonyl (C=O) groups excluding carboxylic acids is 1. The summed E-state index contributed by atoms with van der Waals surface area (Å²) in [5, 5.41) is 15.1. The molecule has 2 unspecified atom stereocenters. The number of rotatable bonds is 5. The van der Waals surface area contributed by atoms with E-state index >= 15 is 0 Å². The number of nitrogens with one attached hydrogen (secondary N) is 1. The maximum absolute atomic E-state index is 12.4. The molecule has 26 heavy (non-hydrogen) atoms. The first kappa shape index (κ1) is 17.9. The van der Waals surface area contributed by atoms with Gasteiger partial charge in [-0.15, -0.1) is 0 Å². The maximum Gasteiger partial charge on any atom is 0.282 e. The van der Waals surface area contributed by atoms with Crippen LogP contribution in [0.5, 0.6) is 11.5 Å². The molecule has 0 spiro atoms. The molecule has 2 aliphatic rings. The first-order chi connectivity index (χ1) is 12.2. The van der Waals surface area contributed by atoms with Gasteiger partial charge in [-0.25, -0.2) is 5.43 Å². The van der Waals surface area contributed by atoms with Crippen LogP contribution in [-0.2, 0) is 4.79 Å². The van der Waals surface area contributed by atoms with E-state index in [0.717, 1.165) is 5.57 Å². The van der Waals surface area contributed by atoms with Gasteiger partial charge in [-0.1, -0.05) is 25.5 Å². The fourth-order valence-electron chi connectivity index (χ4n) is 3.29. The zero-order chi connectivity index (χ0) is 19.1. The number of ether oxygens (including phenoxy) is 2. The van der Waals surface area contributed by atoms with Gasteiger partial charge in [0, 0.05) is 0 Å². The average molecular weight is 359 g/mol. The number of benzene rings is 1. The molecule has 1 aromatic rings. The molecule has 1 fully saturated rings. The maximum atomic E-state index is 12.4. The van der Waals surface area contributed by atoms with Gasteiger partial charge in [0.1, 0.15) is 0 Å². The van der Waals surface area contributed by atoms with Crippen molar-refractivity contribution in [1.82, 2.24) is 5.43 Å². The molecule has 0 radical (unpaired) electrons. The second kappa shape index (κ2) is 6.44. The predicted molar refractivity (Wildman–Crippen MR) is 95.1 cm³/mol. The summed E-state index contributed by atoms with van der Waals surface area (Å²) in [6.07, 6.45) is 3.35. The van der Waals surface area contributed by atoms with E-state index in [2.05, 4.69) is 16.6 Å². The molecule has 8 heteroatoms. The highest BCUT2D eigenvalue weighted by atomic mass is 16.7. The third kappa shape index (κ3) is 3.26. The number of nitro benzene ring substituents is 1. The zero-order valence-electron chi connectivity index (χ0n) is 15.1. The summed E-state index contributed by atoms with van der Waals surface area (Å²) in [4.78, 5) is 23.1. The van der Waals surface area contributed by atoms with Crippen molar-refractivity contribution in [3.05, 3.63) is 39.5 Å². The smallest absolute Gasteiger partial charge is 0.282 e. The van der Waals surface area contributed by atoms with Crippen molar-refractivity contribution in [2.45, 2.75) is 27.7 Å². The predicted octanol–water partition coefficient (Wildman–Crippen LogP) is 3.01. The Kier molecular flexibility index (Phi) is 4.43. The number of hydrogen-bond donors (Lipinski definition) is 1.